The smallest absolute Gasteiger partial charge is 0.331 e. The molecule has 0 N–H and O–H groups in total. The van der Waals surface area contributed by atoms with E-state index in [1.54, 1.807) is 35.7 Å². The predicted octanol–water partition coefficient (Wildman–Crippen LogP) is 2.72. The number of halogens is 1. The fourth-order valence-electron chi connectivity index (χ4n) is 1.81. The maximum absolute atomic E-state index is 12.1. The molecule has 0 unspecified atom stereocenters. The number of esters is 1. The highest BCUT2D eigenvalue weighted by atomic mass is 35.5. The van der Waals surface area contributed by atoms with Crippen LogP contribution in [0, 0.1) is 0 Å². The zero-order valence-electron chi connectivity index (χ0n) is 10.7. The van der Waals surface area contributed by atoms with Crippen molar-refractivity contribution in [1.29, 1.82) is 0 Å². The van der Waals surface area contributed by atoms with Crippen molar-refractivity contribution < 1.29 is 9.53 Å². The third-order valence-corrected chi connectivity index (χ3v) is 3.87. The van der Waals surface area contributed by atoms with Crippen LogP contribution in [0.15, 0.2) is 46.8 Å². The minimum absolute atomic E-state index is 0.194. The van der Waals surface area contributed by atoms with Crippen molar-refractivity contribution in [1.82, 2.24) is 9.55 Å². The standard InChI is InChI=1S/C14H9ClN2O3S/c15-9-1-3-10(4-2-9)20-12(18)7-17-8-16-13-11(14(17)19)5-6-21-13/h1-6,8H,7H2. The fourth-order valence-corrected chi connectivity index (χ4v) is 2.66. The Bertz CT molecular complexity index is 855. The number of benzene rings is 1. The lowest BCUT2D eigenvalue weighted by Crippen LogP contribution is -2.26. The number of ether oxygens (including phenoxy) is 1. The summed E-state index contributed by atoms with van der Waals surface area (Å²) in [6.45, 7) is -0.194. The zero-order valence-corrected chi connectivity index (χ0v) is 12.2. The van der Waals surface area contributed by atoms with E-state index in [1.165, 1.54) is 22.2 Å². The van der Waals surface area contributed by atoms with E-state index in [-0.39, 0.29) is 12.1 Å². The molecule has 2 aromatic heterocycles. The minimum Gasteiger partial charge on any atom is -0.425 e. The number of carbonyl (C=O) groups excluding carboxylic acids is 1. The molecular formula is C14H9ClN2O3S. The van der Waals surface area contributed by atoms with Gasteiger partial charge < -0.3 is 4.74 Å². The first-order chi connectivity index (χ1) is 10.1. The van der Waals surface area contributed by atoms with E-state index in [9.17, 15) is 9.59 Å². The lowest BCUT2D eigenvalue weighted by molar-refractivity contribution is -0.135. The molecule has 106 valence electrons. The van der Waals surface area contributed by atoms with Crippen LogP contribution >= 0.6 is 22.9 Å². The molecule has 21 heavy (non-hydrogen) atoms. The van der Waals surface area contributed by atoms with Crippen molar-refractivity contribution in [3.8, 4) is 5.75 Å². The van der Waals surface area contributed by atoms with Crippen LogP contribution in [0.1, 0.15) is 0 Å². The van der Waals surface area contributed by atoms with E-state index in [0.717, 1.165) is 0 Å². The Hall–Kier alpha value is -2.18. The molecule has 0 aliphatic rings. The van der Waals surface area contributed by atoms with Gasteiger partial charge in [0, 0.05) is 5.02 Å². The summed E-state index contributed by atoms with van der Waals surface area (Å²) in [5.41, 5.74) is -0.255. The highest BCUT2D eigenvalue weighted by Crippen LogP contribution is 2.16. The molecule has 0 aliphatic carbocycles. The second-order valence-corrected chi connectivity index (χ2v) is 5.58. The number of thiophene rings is 1. The van der Waals surface area contributed by atoms with Crippen LogP contribution in [0.25, 0.3) is 10.2 Å². The molecule has 3 rings (SSSR count). The molecule has 0 saturated carbocycles. The van der Waals surface area contributed by atoms with E-state index in [2.05, 4.69) is 4.98 Å². The molecule has 2 heterocycles. The third-order valence-electron chi connectivity index (χ3n) is 2.80. The van der Waals surface area contributed by atoms with Crippen molar-refractivity contribution in [3.05, 3.63) is 57.4 Å². The zero-order chi connectivity index (χ0) is 14.8. The van der Waals surface area contributed by atoms with Gasteiger partial charge in [-0.05, 0) is 35.7 Å². The SMILES string of the molecule is O=C(Cn1cnc2sccc2c1=O)Oc1ccc(Cl)cc1. The Labute approximate surface area is 128 Å². The normalized spacial score (nSPS) is 10.7. The van der Waals surface area contributed by atoms with Crippen molar-refractivity contribution in [2.45, 2.75) is 6.54 Å². The average Bonchev–Trinajstić information content (AvgIpc) is 2.94. The van der Waals surface area contributed by atoms with E-state index in [4.69, 9.17) is 16.3 Å². The van der Waals surface area contributed by atoms with Gasteiger partial charge in [0.2, 0.25) is 0 Å². The minimum atomic E-state index is -0.546. The Kier molecular flexibility index (Phi) is 3.72. The summed E-state index contributed by atoms with van der Waals surface area (Å²) < 4.78 is 6.37. The van der Waals surface area contributed by atoms with Crippen molar-refractivity contribution in [2.24, 2.45) is 0 Å². The molecule has 7 heteroatoms. The molecule has 5 nitrogen and oxygen atoms in total. The fraction of sp³-hybridized carbons (Fsp3) is 0.0714. The summed E-state index contributed by atoms with van der Waals surface area (Å²) in [5, 5.41) is 2.84. The summed E-state index contributed by atoms with van der Waals surface area (Å²) in [6, 6.07) is 8.10. The molecule has 0 amide bonds. The van der Waals surface area contributed by atoms with Crippen LogP contribution in [0.2, 0.25) is 5.02 Å². The van der Waals surface area contributed by atoms with Gasteiger partial charge in [-0.25, -0.2) is 9.78 Å². The molecule has 0 radical (unpaired) electrons. The first-order valence-corrected chi connectivity index (χ1v) is 7.28. The van der Waals surface area contributed by atoms with Gasteiger partial charge in [-0.1, -0.05) is 11.6 Å². The van der Waals surface area contributed by atoms with Gasteiger partial charge in [0.15, 0.2) is 0 Å². The molecule has 1 aromatic carbocycles. The highest BCUT2D eigenvalue weighted by molar-refractivity contribution is 7.16. The van der Waals surface area contributed by atoms with Gasteiger partial charge in [-0.15, -0.1) is 11.3 Å². The summed E-state index contributed by atoms with van der Waals surface area (Å²) in [5.74, 6) is -0.169. The molecule has 0 saturated heterocycles. The second-order valence-electron chi connectivity index (χ2n) is 4.25. The summed E-state index contributed by atoms with van der Waals surface area (Å²) in [6.07, 6.45) is 1.35. The van der Waals surface area contributed by atoms with Crippen LogP contribution < -0.4 is 10.3 Å². The van der Waals surface area contributed by atoms with Crippen LogP contribution in [-0.4, -0.2) is 15.5 Å². The van der Waals surface area contributed by atoms with Gasteiger partial charge >= 0.3 is 5.97 Å². The summed E-state index contributed by atoms with van der Waals surface area (Å²) in [7, 11) is 0. The first kappa shape index (κ1) is 13.8. The van der Waals surface area contributed by atoms with Crippen LogP contribution in [-0.2, 0) is 11.3 Å². The predicted molar refractivity (Wildman–Crippen MR) is 81.0 cm³/mol. The summed E-state index contributed by atoms with van der Waals surface area (Å²) >= 11 is 7.13. The van der Waals surface area contributed by atoms with Crippen LogP contribution in [0.5, 0.6) is 5.75 Å². The van der Waals surface area contributed by atoms with Gasteiger partial charge in [0.05, 0.1) is 11.7 Å². The van der Waals surface area contributed by atoms with E-state index in [0.29, 0.717) is 21.0 Å². The molecule has 0 fully saturated rings. The molecular weight excluding hydrogens is 312 g/mol. The lowest BCUT2D eigenvalue weighted by atomic mass is 10.3. The third kappa shape index (κ3) is 2.96. The van der Waals surface area contributed by atoms with Crippen LogP contribution in [0.4, 0.5) is 0 Å². The number of hydrogen-bond donors (Lipinski definition) is 0. The van der Waals surface area contributed by atoms with Crippen LogP contribution in [0.3, 0.4) is 0 Å². The van der Waals surface area contributed by atoms with Crippen molar-refractivity contribution >= 4 is 39.1 Å². The van der Waals surface area contributed by atoms with E-state index >= 15 is 0 Å². The number of nitrogens with zero attached hydrogens (tertiary/aromatic N) is 2. The topological polar surface area (TPSA) is 61.2 Å². The van der Waals surface area contributed by atoms with Crippen molar-refractivity contribution in [2.75, 3.05) is 0 Å². The molecule has 0 aliphatic heterocycles. The van der Waals surface area contributed by atoms with Gasteiger partial charge in [-0.2, -0.15) is 0 Å². The molecule has 0 atom stereocenters. The maximum Gasteiger partial charge on any atom is 0.331 e. The Morgan fingerprint density at radius 3 is 2.81 bits per heavy atom. The number of aromatic nitrogens is 2. The number of fused-ring (bicyclic) bond motifs is 1. The van der Waals surface area contributed by atoms with Gasteiger partial charge in [-0.3, -0.25) is 9.36 Å². The van der Waals surface area contributed by atoms with E-state index in [1.807, 2.05) is 0 Å². The lowest BCUT2D eigenvalue weighted by Gasteiger charge is -2.06. The molecule has 0 bridgehead atoms. The number of carbonyl (C=O) groups is 1. The maximum atomic E-state index is 12.1. The second kappa shape index (κ2) is 5.67. The van der Waals surface area contributed by atoms with Gasteiger partial charge in [0.1, 0.15) is 17.1 Å². The van der Waals surface area contributed by atoms with Gasteiger partial charge in [0.25, 0.3) is 5.56 Å². The van der Waals surface area contributed by atoms with E-state index < -0.39 is 5.97 Å². The monoisotopic (exact) mass is 320 g/mol. The number of hydrogen-bond acceptors (Lipinski definition) is 5. The largest absolute Gasteiger partial charge is 0.425 e. The number of rotatable bonds is 3. The Morgan fingerprint density at radius 1 is 1.29 bits per heavy atom. The highest BCUT2D eigenvalue weighted by Gasteiger charge is 2.10. The molecule has 3 aromatic rings. The summed E-state index contributed by atoms with van der Waals surface area (Å²) in [4.78, 5) is 28.8. The average molecular weight is 321 g/mol. The molecule has 0 spiro atoms. The quantitative estimate of drug-likeness (QED) is 0.550. The Morgan fingerprint density at radius 2 is 2.05 bits per heavy atom. The Balaban J connectivity index is 1.78. The van der Waals surface area contributed by atoms with Crippen molar-refractivity contribution in [3.63, 3.8) is 0 Å². The first-order valence-electron chi connectivity index (χ1n) is 6.02.